The molecule has 1 fully saturated rings. The van der Waals surface area contributed by atoms with Crippen LogP contribution in [0, 0.1) is 11.3 Å². The van der Waals surface area contributed by atoms with Crippen LogP contribution in [0.1, 0.15) is 71.3 Å². The van der Waals surface area contributed by atoms with E-state index < -0.39 is 11.9 Å². The summed E-state index contributed by atoms with van der Waals surface area (Å²) >= 11 is 0. The average Bonchev–Trinajstić information content (AvgIpc) is 3.52. The highest BCUT2D eigenvalue weighted by Crippen LogP contribution is 2.48. The number of carbonyl (C=O) groups is 2. The molecule has 9 nitrogen and oxygen atoms in total. The fourth-order valence-corrected chi connectivity index (χ4v) is 6.22. The van der Waals surface area contributed by atoms with Crippen molar-refractivity contribution in [2.24, 2.45) is 11.3 Å². The highest BCUT2D eigenvalue weighted by molar-refractivity contribution is 5.79. The van der Waals surface area contributed by atoms with Crippen LogP contribution in [0.15, 0.2) is 24.3 Å². The van der Waals surface area contributed by atoms with E-state index in [1.54, 1.807) is 7.11 Å². The van der Waals surface area contributed by atoms with Crippen LogP contribution in [-0.2, 0) is 9.59 Å². The maximum atomic E-state index is 13.8. The van der Waals surface area contributed by atoms with Gasteiger partial charge in [0.15, 0.2) is 11.5 Å². The number of allylic oxidation sites excluding steroid dienone is 2. The van der Waals surface area contributed by atoms with E-state index >= 15 is 0 Å². The van der Waals surface area contributed by atoms with Gasteiger partial charge in [-0.05, 0) is 76.4 Å². The third-order valence-corrected chi connectivity index (χ3v) is 8.25. The molecule has 41 heavy (non-hydrogen) atoms. The molecular weight excluding hydrogens is 522 g/mol. The molecule has 1 aromatic carbocycles. The van der Waals surface area contributed by atoms with Crippen molar-refractivity contribution in [3.8, 4) is 17.2 Å². The number of fused-ring (bicyclic) bond motifs is 1. The lowest BCUT2D eigenvalue weighted by Gasteiger charge is -2.34. The molecule has 0 bridgehead atoms. The van der Waals surface area contributed by atoms with Crippen molar-refractivity contribution < 1.29 is 28.9 Å². The summed E-state index contributed by atoms with van der Waals surface area (Å²) in [5.41, 5.74) is 0.595. The van der Waals surface area contributed by atoms with E-state index in [1.165, 1.54) is 0 Å². The molecule has 0 radical (unpaired) electrons. The summed E-state index contributed by atoms with van der Waals surface area (Å²) < 4.78 is 16.8. The molecule has 2 aliphatic rings. The van der Waals surface area contributed by atoms with Crippen molar-refractivity contribution in [1.82, 2.24) is 14.7 Å². The molecule has 0 saturated carbocycles. The Morgan fingerprint density at radius 3 is 2.49 bits per heavy atom. The zero-order valence-electron chi connectivity index (χ0n) is 26.1. The first kappa shape index (κ1) is 32.7. The number of nitrogens with zero attached hydrogens (tertiary/aromatic N) is 3. The van der Waals surface area contributed by atoms with Crippen molar-refractivity contribution in [2.45, 2.75) is 71.8 Å². The van der Waals surface area contributed by atoms with E-state index in [9.17, 15) is 14.7 Å². The monoisotopic (exact) mass is 573 g/mol. The van der Waals surface area contributed by atoms with Gasteiger partial charge in [-0.3, -0.25) is 14.5 Å². The van der Waals surface area contributed by atoms with Crippen molar-refractivity contribution in [2.75, 3.05) is 60.7 Å². The number of methoxy groups -OCH3 is 1. The van der Waals surface area contributed by atoms with Crippen LogP contribution in [0.25, 0.3) is 0 Å². The first-order chi connectivity index (χ1) is 19.5. The van der Waals surface area contributed by atoms with Gasteiger partial charge in [-0.15, -0.1) is 0 Å². The largest absolute Gasteiger partial charge is 0.493 e. The van der Waals surface area contributed by atoms with Gasteiger partial charge in [0.25, 0.3) is 0 Å². The maximum absolute atomic E-state index is 13.8. The fourth-order valence-electron chi connectivity index (χ4n) is 6.22. The van der Waals surface area contributed by atoms with Crippen LogP contribution < -0.4 is 14.2 Å². The van der Waals surface area contributed by atoms with Crippen LogP contribution in [0.2, 0.25) is 0 Å². The Kier molecular flexibility index (Phi) is 11.9. The lowest BCUT2D eigenvalue weighted by Crippen LogP contribution is -2.46. The quantitative estimate of drug-likeness (QED) is 0.222. The third kappa shape index (κ3) is 8.61. The molecule has 230 valence electrons. The molecule has 0 aromatic heterocycles. The summed E-state index contributed by atoms with van der Waals surface area (Å²) in [7, 11) is 5.70. The summed E-state index contributed by atoms with van der Waals surface area (Å²) in [5, 5.41) is 10.6. The minimum absolute atomic E-state index is 0.0743. The molecule has 1 aromatic rings. The Morgan fingerprint density at radius 1 is 1.15 bits per heavy atom. The third-order valence-electron chi connectivity index (χ3n) is 8.25. The van der Waals surface area contributed by atoms with Crippen LogP contribution in [0.4, 0.5) is 0 Å². The second-order valence-electron chi connectivity index (χ2n) is 12.4. The van der Waals surface area contributed by atoms with Crippen molar-refractivity contribution in [3.05, 3.63) is 29.8 Å². The number of hydrogen-bond donors (Lipinski definition) is 1. The van der Waals surface area contributed by atoms with Crippen LogP contribution in [0.3, 0.4) is 0 Å². The second-order valence-corrected chi connectivity index (χ2v) is 12.4. The Balaban J connectivity index is 1.92. The first-order valence-corrected chi connectivity index (χ1v) is 15.0. The number of unbranched alkanes of at least 4 members (excludes halogenated alkanes) is 2. The van der Waals surface area contributed by atoms with Crippen LogP contribution in [0.5, 0.6) is 17.2 Å². The van der Waals surface area contributed by atoms with Gasteiger partial charge in [-0.2, -0.15) is 0 Å². The van der Waals surface area contributed by atoms with E-state index in [-0.39, 0.29) is 36.6 Å². The van der Waals surface area contributed by atoms with E-state index in [1.807, 2.05) is 30.0 Å². The molecule has 1 amide bonds. The minimum Gasteiger partial charge on any atom is -0.493 e. The van der Waals surface area contributed by atoms with E-state index in [2.05, 4.69) is 50.7 Å². The highest BCUT2D eigenvalue weighted by Gasteiger charge is 2.49. The Bertz CT molecular complexity index is 1060. The SMILES string of the molecule is CC=CC(C)(C)C[C@H]1C(C(=O)O)[C@@H](c2cc(OC)c3c(c2)OCO3)CN1CC(=O)N(CCCC)CCCCN(C)C. The number of likely N-dealkylation sites (tertiary alicyclic amines) is 1. The van der Waals surface area contributed by atoms with Crippen LogP contribution >= 0.6 is 0 Å². The minimum atomic E-state index is -0.852. The molecule has 2 heterocycles. The molecule has 1 unspecified atom stereocenters. The van der Waals surface area contributed by atoms with Gasteiger partial charge in [-0.25, -0.2) is 0 Å². The summed E-state index contributed by atoms with van der Waals surface area (Å²) in [6.45, 7) is 11.6. The summed E-state index contributed by atoms with van der Waals surface area (Å²) in [4.78, 5) is 33.0. The predicted molar refractivity (Wildman–Crippen MR) is 161 cm³/mol. The maximum Gasteiger partial charge on any atom is 0.308 e. The zero-order valence-corrected chi connectivity index (χ0v) is 26.1. The number of amides is 1. The Hall–Kier alpha value is -2.78. The topological polar surface area (TPSA) is 91.8 Å². The number of rotatable bonds is 16. The fraction of sp³-hybridized carbons (Fsp3) is 0.688. The highest BCUT2D eigenvalue weighted by atomic mass is 16.7. The number of benzene rings is 1. The predicted octanol–water partition coefficient (Wildman–Crippen LogP) is 4.86. The second kappa shape index (κ2) is 14.9. The van der Waals surface area contributed by atoms with Gasteiger partial charge in [-0.1, -0.05) is 39.3 Å². The normalized spacial score (nSPS) is 20.7. The van der Waals surface area contributed by atoms with E-state index in [0.717, 1.165) is 50.9 Å². The molecule has 1 saturated heterocycles. The molecular formula is C32H51N3O6. The Labute approximate surface area is 246 Å². The van der Waals surface area contributed by atoms with Crippen molar-refractivity contribution in [3.63, 3.8) is 0 Å². The summed E-state index contributed by atoms with van der Waals surface area (Å²) in [6.07, 6.45) is 8.71. The molecule has 0 aliphatic carbocycles. The van der Waals surface area contributed by atoms with Gasteiger partial charge < -0.3 is 29.1 Å². The number of hydrogen-bond acceptors (Lipinski definition) is 7. The van der Waals surface area contributed by atoms with Gasteiger partial charge >= 0.3 is 5.97 Å². The first-order valence-electron chi connectivity index (χ1n) is 15.0. The standard InChI is InChI=1S/C32H51N3O6/c1-8-10-15-34(16-12-11-14-33(5)6)28(36)21-35-20-24(23-17-26(39-7)30-27(18-23)40-22-41-30)29(31(37)38)25(35)19-32(3,4)13-9-2/h9,13,17-18,24-25,29H,8,10-12,14-16,19-22H2,1-7H3,(H,37,38)/t24-,25+,29?/m1/s1. The molecule has 9 heteroatoms. The number of carbonyl (C=O) groups excluding carboxylic acids is 1. The smallest absolute Gasteiger partial charge is 0.308 e. The van der Waals surface area contributed by atoms with Crippen molar-refractivity contribution >= 4 is 11.9 Å². The number of carboxylic acid groups (broad SMARTS) is 1. The molecule has 1 N–H and O–H groups in total. The lowest BCUT2D eigenvalue weighted by molar-refractivity contribution is -0.144. The van der Waals surface area contributed by atoms with Gasteiger partial charge in [0.2, 0.25) is 18.4 Å². The molecule has 3 rings (SSSR count). The summed E-state index contributed by atoms with van der Waals surface area (Å²) in [5.74, 6) is -0.171. The van der Waals surface area contributed by atoms with Gasteiger partial charge in [0.05, 0.1) is 19.6 Å². The molecule has 2 aliphatic heterocycles. The molecule has 3 atom stereocenters. The van der Waals surface area contributed by atoms with Crippen LogP contribution in [-0.4, -0.2) is 98.4 Å². The average molecular weight is 574 g/mol. The molecule has 0 spiro atoms. The van der Waals surface area contributed by atoms with E-state index in [4.69, 9.17) is 14.2 Å². The Morgan fingerprint density at radius 2 is 1.85 bits per heavy atom. The summed E-state index contributed by atoms with van der Waals surface area (Å²) in [6, 6.07) is 3.43. The van der Waals surface area contributed by atoms with Gasteiger partial charge in [0.1, 0.15) is 0 Å². The lowest BCUT2D eigenvalue weighted by atomic mass is 9.77. The number of carboxylic acids is 1. The van der Waals surface area contributed by atoms with Crippen molar-refractivity contribution in [1.29, 1.82) is 0 Å². The zero-order chi connectivity index (χ0) is 30.2. The number of ether oxygens (including phenoxy) is 3. The number of aliphatic carboxylic acids is 1. The van der Waals surface area contributed by atoms with Gasteiger partial charge in [0, 0.05) is 31.6 Å². The van der Waals surface area contributed by atoms with E-state index in [0.29, 0.717) is 30.2 Å².